The lowest BCUT2D eigenvalue weighted by Gasteiger charge is -2.16. The molecule has 5 nitrogen and oxygen atoms in total. The molecule has 0 aliphatic rings. The van der Waals surface area contributed by atoms with Crippen LogP contribution in [-0.4, -0.2) is 30.1 Å². The van der Waals surface area contributed by atoms with Gasteiger partial charge < -0.3 is 16.2 Å². The molecule has 18 heavy (non-hydrogen) atoms. The van der Waals surface area contributed by atoms with Crippen molar-refractivity contribution in [3.63, 3.8) is 0 Å². The lowest BCUT2D eigenvalue weighted by molar-refractivity contribution is -0.141. The van der Waals surface area contributed by atoms with Gasteiger partial charge >= 0.3 is 5.97 Å². The Kier molecular flexibility index (Phi) is 5.32. The standard InChI is InChI=1S/C13H18N2O3/c1-9(13(17)18)8-15-12(16)11(7-14)10-5-3-2-4-6-10/h2-6,9,11H,7-8,14H2,1H3,(H,15,16)(H,17,18). The fourth-order valence-electron chi connectivity index (χ4n) is 1.54. The van der Waals surface area contributed by atoms with Gasteiger partial charge in [0, 0.05) is 13.1 Å². The van der Waals surface area contributed by atoms with E-state index < -0.39 is 17.8 Å². The van der Waals surface area contributed by atoms with E-state index in [9.17, 15) is 9.59 Å². The summed E-state index contributed by atoms with van der Waals surface area (Å²) in [6.45, 7) is 1.84. The van der Waals surface area contributed by atoms with Crippen molar-refractivity contribution in [2.24, 2.45) is 11.7 Å². The molecule has 0 bridgehead atoms. The summed E-state index contributed by atoms with van der Waals surface area (Å²) < 4.78 is 0. The van der Waals surface area contributed by atoms with Crippen LogP contribution >= 0.6 is 0 Å². The summed E-state index contributed by atoms with van der Waals surface area (Å²) in [5.41, 5.74) is 6.43. The lowest BCUT2D eigenvalue weighted by atomic mass is 9.98. The summed E-state index contributed by atoms with van der Waals surface area (Å²) in [5, 5.41) is 11.3. The van der Waals surface area contributed by atoms with Crippen LogP contribution in [0.5, 0.6) is 0 Å². The third-order valence-corrected chi connectivity index (χ3v) is 2.76. The fraction of sp³-hybridized carbons (Fsp3) is 0.385. The second-order valence-corrected chi connectivity index (χ2v) is 4.18. The number of benzene rings is 1. The summed E-state index contributed by atoms with van der Waals surface area (Å²) >= 11 is 0. The molecule has 0 radical (unpaired) electrons. The van der Waals surface area contributed by atoms with Crippen molar-refractivity contribution in [3.05, 3.63) is 35.9 Å². The maximum Gasteiger partial charge on any atom is 0.308 e. The minimum Gasteiger partial charge on any atom is -0.481 e. The van der Waals surface area contributed by atoms with Crippen LogP contribution in [0, 0.1) is 5.92 Å². The van der Waals surface area contributed by atoms with Crippen molar-refractivity contribution in [2.45, 2.75) is 12.8 Å². The van der Waals surface area contributed by atoms with Crippen LogP contribution in [0.1, 0.15) is 18.4 Å². The molecular weight excluding hydrogens is 232 g/mol. The molecule has 0 saturated carbocycles. The first kappa shape index (κ1) is 14.2. The summed E-state index contributed by atoms with van der Waals surface area (Å²) in [6, 6.07) is 9.20. The smallest absolute Gasteiger partial charge is 0.308 e. The van der Waals surface area contributed by atoms with E-state index in [1.54, 1.807) is 6.92 Å². The molecule has 2 unspecified atom stereocenters. The van der Waals surface area contributed by atoms with Gasteiger partial charge in [-0.1, -0.05) is 37.3 Å². The van der Waals surface area contributed by atoms with Gasteiger partial charge in [0.2, 0.25) is 5.91 Å². The van der Waals surface area contributed by atoms with Gasteiger partial charge in [-0.15, -0.1) is 0 Å². The summed E-state index contributed by atoms with van der Waals surface area (Å²) in [7, 11) is 0. The second kappa shape index (κ2) is 6.76. The highest BCUT2D eigenvalue weighted by atomic mass is 16.4. The topological polar surface area (TPSA) is 92.4 Å². The summed E-state index contributed by atoms with van der Waals surface area (Å²) in [5.74, 6) is -2.22. The van der Waals surface area contributed by atoms with Crippen molar-refractivity contribution in [1.82, 2.24) is 5.32 Å². The molecule has 5 heteroatoms. The van der Waals surface area contributed by atoms with E-state index in [-0.39, 0.29) is 19.0 Å². The Morgan fingerprint density at radius 3 is 2.44 bits per heavy atom. The molecular formula is C13H18N2O3. The van der Waals surface area contributed by atoms with E-state index in [4.69, 9.17) is 10.8 Å². The van der Waals surface area contributed by atoms with Gasteiger partial charge in [0.15, 0.2) is 0 Å². The van der Waals surface area contributed by atoms with Crippen molar-refractivity contribution < 1.29 is 14.7 Å². The molecule has 0 spiro atoms. The van der Waals surface area contributed by atoms with Gasteiger partial charge in [-0.05, 0) is 5.56 Å². The third-order valence-electron chi connectivity index (χ3n) is 2.76. The molecule has 0 heterocycles. The zero-order valence-electron chi connectivity index (χ0n) is 10.3. The van der Waals surface area contributed by atoms with E-state index in [1.807, 2.05) is 30.3 Å². The van der Waals surface area contributed by atoms with E-state index in [0.29, 0.717) is 0 Å². The number of carbonyl (C=O) groups excluding carboxylic acids is 1. The fourth-order valence-corrected chi connectivity index (χ4v) is 1.54. The maximum atomic E-state index is 11.9. The minimum absolute atomic E-state index is 0.109. The van der Waals surface area contributed by atoms with Crippen LogP contribution in [0.4, 0.5) is 0 Å². The van der Waals surface area contributed by atoms with E-state index in [1.165, 1.54) is 0 Å². The number of nitrogens with two attached hydrogens (primary N) is 1. The number of rotatable bonds is 6. The predicted molar refractivity (Wildman–Crippen MR) is 68.0 cm³/mol. The molecule has 0 aliphatic carbocycles. The van der Waals surface area contributed by atoms with E-state index in [0.717, 1.165) is 5.56 Å². The number of nitrogens with one attached hydrogen (secondary N) is 1. The molecule has 1 rings (SSSR count). The van der Waals surface area contributed by atoms with Gasteiger partial charge in [-0.3, -0.25) is 9.59 Å². The average Bonchev–Trinajstić information content (AvgIpc) is 2.38. The number of aliphatic carboxylic acids is 1. The third kappa shape index (κ3) is 3.85. The van der Waals surface area contributed by atoms with Gasteiger partial charge in [0.25, 0.3) is 0 Å². The normalized spacial score (nSPS) is 13.7. The number of carboxylic acid groups (broad SMARTS) is 1. The zero-order valence-corrected chi connectivity index (χ0v) is 10.3. The van der Waals surface area contributed by atoms with Crippen molar-refractivity contribution in [3.8, 4) is 0 Å². The van der Waals surface area contributed by atoms with E-state index >= 15 is 0 Å². The largest absolute Gasteiger partial charge is 0.481 e. The monoisotopic (exact) mass is 250 g/mol. The highest BCUT2D eigenvalue weighted by Gasteiger charge is 2.20. The van der Waals surface area contributed by atoms with Gasteiger partial charge in [-0.25, -0.2) is 0 Å². The first-order valence-corrected chi connectivity index (χ1v) is 5.81. The highest BCUT2D eigenvalue weighted by molar-refractivity contribution is 5.84. The molecule has 98 valence electrons. The Morgan fingerprint density at radius 2 is 1.94 bits per heavy atom. The molecule has 1 aromatic carbocycles. The van der Waals surface area contributed by atoms with Crippen molar-refractivity contribution in [2.75, 3.05) is 13.1 Å². The summed E-state index contributed by atoms with van der Waals surface area (Å²) in [6.07, 6.45) is 0. The van der Waals surface area contributed by atoms with Crippen molar-refractivity contribution in [1.29, 1.82) is 0 Å². The quantitative estimate of drug-likeness (QED) is 0.688. The van der Waals surface area contributed by atoms with Crippen LogP contribution < -0.4 is 11.1 Å². The van der Waals surface area contributed by atoms with Gasteiger partial charge in [0.05, 0.1) is 11.8 Å². The zero-order chi connectivity index (χ0) is 13.5. The predicted octanol–water partition coefficient (Wildman–Crippen LogP) is 0.566. The van der Waals surface area contributed by atoms with Crippen LogP contribution in [0.3, 0.4) is 0 Å². The van der Waals surface area contributed by atoms with Gasteiger partial charge in [0.1, 0.15) is 0 Å². The number of carboxylic acids is 1. The van der Waals surface area contributed by atoms with Gasteiger partial charge in [-0.2, -0.15) is 0 Å². The molecule has 1 aromatic rings. The molecule has 0 fully saturated rings. The lowest BCUT2D eigenvalue weighted by Crippen LogP contribution is -2.37. The molecule has 0 saturated heterocycles. The number of hydrogen-bond acceptors (Lipinski definition) is 3. The Hall–Kier alpha value is -1.88. The molecule has 0 aliphatic heterocycles. The molecule has 4 N–H and O–H groups in total. The Balaban J connectivity index is 2.61. The number of amides is 1. The van der Waals surface area contributed by atoms with Crippen LogP contribution in [0.15, 0.2) is 30.3 Å². The molecule has 0 aromatic heterocycles. The highest BCUT2D eigenvalue weighted by Crippen LogP contribution is 2.14. The first-order valence-electron chi connectivity index (χ1n) is 5.81. The molecule has 2 atom stereocenters. The number of carbonyl (C=O) groups is 2. The van der Waals surface area contributed by atoms with Crippen LogP contribution in [0.25, 0.3) is 0 Å². The Bertz CT molecular complexity index is 406. The maximum absolute atomic E-state index is 11.9. The van der Waals surface area contributed by atoms with E-state index in [2.05, 4.69) is 5.32 Å². The number of hydrogen-bond donors (Lipinski definition) is 3. The molecule has 1 amide bonds. The van der Waals surface area contributed by atoms with Crippen molar-refractivity contribution >= 4 is 11.9 Å². The van der Waals surface area contributed by atoms with Crippen LogP contribution in [0.2, 0.25) is 0 Å². The second-order valence-electron chi connectivity index (χ2n) is 4.18. The Labute approximate surface area is 106 Å². The Morgan fingerprint density at radius 1 is 1.33 bits per heavy atom. The SMILES string of the molecule is CC(CNC(=O)C(CN)c1ccccc1)C(=O)O. The minimum atomic E-state index is -0.931. The summed E-state index contributed by atoms with van der Waals surface area (Å²) in [4.78, 5) is 22.6. The average molecular weight is 250 g/mol. The van der Waals surface area contributed by atoms with Crippen LogP contribution in [-0.2, 0) is 9.59 Å². The first-order chi connectivity index (χ1) is 8.56.